The van der Waals surface area contributed by atoms with Crippen LogP contribution >= 0.6 is 11.8 Å². The maximum absolute atomic E-state index is 14.2. The van der Waals surface area contributed by atoms with Crippen LogP contribution in [0.5, 0.6) is 0 Å². The first kappa shape index (κ1) is 52.8. The molecule has 0 aromatic heterocycles. The molecule has 0 saturated carbocycles. The summed E-state index contributed by atoms with van der Waals surface area (Å²) < 4.78 is 0. The van der Waals surface area contributed by atoms with Gasteiger partial charge >= 0.3 is 0 Å². The van der Waals surface area contributed by atoms with Crippen LogP contribution in [-0.2, 0) is 60.8 Å². The molecule has 0 aliphatic rings. The summed E-state index contributed by atoms with van der Waals surface area (Å²) in [6.07, 6.45) is 0.991. The lowest BCUT2D eigenvalue weighted by molar-refractivity contribution is -0.139. The molecule has 2 aromatic carbocycles. The van der Waals surface area contributed by atoms with Crippen LogP contribution in [0.1, 0.15) is 63.5 Å². The molecule has 0 bridgehead atoms. The molecular formula is C42H60N10O10S. The van der Waals surface area contributed by atoms with Gasteiger partial charge in [0.15, 0.2) is 0 Å². The number of rotatable bonds is 29. The van der Waals surface area contributed by atoms with E-state index >= 15 is 0 Å². The highest BCUT2D eigenvalue weighted by Gasteiger charge is 2.33. The Morgan fingerprint density at radius 2 is 1.02 bits per heavy atom. The quantitative estimate of drug-likeness (QED) is 0.0387. The number of thioether (sulfide) groups is 1. The van der Waals surface area contributed by atoms with Crippen molar-refractivity contribution in [2.45, 2.75) is 101 Å². The lowest BCUT2D eigenvalue weighted by atomic mass is 10.0. The van der Waals surface area contributed by atoms with Crippen molar-refractivity contribution in [3.8, 4) is 0 Å². The lowest BCUT2D eigenvalue weighted by Crippen LogP contribution is -2.59. The molecule has 2 aromatic rings. The maximum atomic E-state index is 14.2. The van der Waals surface area contributed by atoms with E-state index in [1.807, 2.05) is 0 Å². The van der Waals surface area contributed by atoms with Gasteiger partial charge in [0.2, 0.25) is 53.0 Å². The van der Waals surface area contributed by atoms with Crippen molar-refractivity contribution in [1.29, 1.82) is 0 Å². The summed E-state index contributed by atoms with van der Waals surface area (Å²) in [5.74, 6) is -8.15. The van der Waals surface area contributed by atoms with Gasteiger partial charge in [0.1, 0.15) is 24.2 Å². The smallest absolute Gasteiger partial charge is 0.287 e. The highest BCUT2D eigenvalue weighted by molar-refractivity contribution is 7.98. The Labute approximate surface area is 370 Å². The molecule has 344 valence electrons. The number of ketones is 1. The minimum Gasteiger partial charge on any atom is -0.370 e. The predicted octanol–water partition coefficient (Wildman–Crippen LogP) is -2.28. The monoisotopic (exact) mass is 896 g/mol. The van der Waals surface area contributed by atoms with Crippen molar-refractivity contribution in [1.82, 2.24) is 31.9 Å². The van der Waals surface area contributed by atoms with Crippen LogP contribution in [0.4, 0.5) is 0 Å². The van der Waals surface area contributed by atoms with Crippen LogP contribution in [-0.4, -0.2) is 114 Å². The molecule has 0 saturated heterocycles. The van der Waals surface area contributed by atoms with Gasteiger partial charge in [0.25, 0.3) is 5.91 Å². The van der Waals surface area contributed by atoms with E-state index in [-0.39, 0.29) is 57.3 Å². The highest BCUT2D eigenvalue weighted by atomic mass is 32.2. The zero-order valence-electron chi connectivity index (χ0n) is 35.7. The minimum absolute atomic E-state index is 0.0593. The fourth-order valence-corrected chi connectivity index (χ4v) is 6.58. The average Bonchev–Trinajstić information content (AvgIpc) is 3.23. The minimum atomic E-state index is -1.40. The van der Waals surface area contributed by atoms with Gasteiger partial charge in [-0.05, 0) is 54.7 Å². The molecule has 0 unspecified atom stereocenters. The second-order valence-electron chi connectivity index (χ2n) is 15.2. The van der Waals surface area contributed by atoms with Crippen molar-refractivity contribution >= 4 is 70.7 Å². The largest absolute Gasteiger partial charge is 0.370 e. The van der Waals surface area contributed by atoms with Gasteiger partial charge in [0, 0.05) is 25.7 Å². The third-order valence-corrected chi connectivity index (χ3v) is 10.1. The molecule has 9 amide bonds. The van der Waals surface area contributed by atoms with E-state index in [1.54, 1.807) is 80.8 Å². The molecule has 0 heterocycles. The molecule has 14 N–H and O–H groups in total. The molecule has 0 aliphatic carbocycles. The molecule has 2 rings (SSSR count). The van der Waals surface area contributed by atoms with Crippen molar-refractivity contribution in [3.05, 3.63) is 71.8 Å². The average molecular weight is 897 g/mol. The van der Waals surface area contributed by atoms with E-state index in [9.17, 15) is 47.9 Å². The fourth-order valence-electron chi connectivity index (χ4n) is 6.11. The summed E-state index contributed by atoms with van der Waals surface area (Å²) in [5.41, 5.74) is 22.8. The van der Waals surface area contributed by atoms with Crippen molar-refractivity contribution in [2.24, 2.45) is 28.9 Å². The topological polar surface area (TPSA) is 347 Å². The first-order valence-electron chi connectivity index (χ1n) is 20.3. The Morgan fingerprint density at radius 1 is 0.556 bits per heavy atom. The summed E-state index contributed by atoms with van der Waals surface area (Å²) in [5, 5.41) is 15.3. The first-order valence-corrected chi connectivity index (χ1v) is 21.7. The number of hydrogen-bond donors (Lipinski definition) is 10. The molecule has 6 atom stereocenters. The predicted molar refractivity (Wildman–Crippen MR) is 234 cm³/mol. The number of nitrogens with two attached hydrogens (primary N) is 4. The van der Waals surface area contributed by atoms with Crippen LogP contribution in [0.15, 0.2) is 60.7 Å². The summed E-state index contributed by atoms with van der Waals surface area (Å²) in [6.45, 7) is 2.98. The molecule has 0 spiro atoms. The zero-order valence-corrected chi connectivity index (χ0v) is 36.5. The zero-order chi connectivity index (χ0) is 47.1. The third kappa shape index (κ3) is 20.4. The number of benzene rings is 2. The molecule has 0 radical (unpaired) electrons. The highest BCUT2D eigenvalue weighted by Crippen LogP contribution is 2.11. The van der Waals surface area contributed by atoms with Crippen molar-refractivity contribution in [2.75, 3.05) is 18.6 Å². The number of primary amides is 3. The Balaban J connectivity index is 2.34. The standard InChI is InChI=1S/C42H60N10O10S/c1-24(2)20-30(41(61)49-28(18-19-63-3)36(56)37(46)57)48-35(55)23-47-39(59)31(21-25-10-6-4-7-11-25)51-42(62)32(22-26-12-8-5-9-13-26)52-40(60)29(15-17-34(45)54)50-38(58)27(43)14-16-33(44)53/h4-13,24,27-32H,14-23,43H2,1-3H3,(H2,44,53)(H2,45,54)(H2,46,57)(H,47,59)(H,48,55)(H,49,61)(H,50,58)(H,51,62)(H,52,60)/t27-,28-,29-,30-,31-,32-/m0/s1. The first-order chi connectivity index (χ1) is 29.8. The number of carbonyl (C=O) groups is 10. The Hall–Kier alpha value is -6.35. The van der Waals surface area contributed by atoms with Gasteiger partial charge in [-0.25, -0.2) is 0 Å². The van der Waals surface area contributed by atoms with Gasteiger partial charge in [-0.2, -0.15) is 11.8 Å². The molecule has 0 fully saturated rings. The number of amides is 9. The van der Waals surface area contributed by atoms with Gasteiger partial charge in [-0.1, -0.05) is 74.5 Å². The maximum Gasteiger partial charge on any atom is 0.287 e. The van der Waals surface area contributed by atoms with Crippen LogP contribution < -0.4 is 54.8 Å². The SMILES string of the molecule is CSCC[C@H](NC(=O)[C@H](CC(C)C)NC(=O)CNC(=O)[C@H](Cc1ccccc1)NC(=O)[C@H](Cc1ccccc1)NC(=O)[C@H](CCC(N)=O)NC(=O)[C@@H](N)CCC(N)=O)C(=O)C(N)=O. The van der Waals surface area contributed by atoms with E-state index in [4.69, 9.17) is 22.9 Å². The summed E-state index contributed by atoms with van der Waals surface area (Å²) in [6, 6.07) is 9.55. The van der Waals surface area contributed by atoms with Gasteiger partial charge < -0.3 is 54.8 Å². The van der Waals surface area contributed by atoms with E-state index in [1.165, 1.54) is 11.8 Å². The Morgan fingerprint density at radius 3 is 1.51 bits per heavy atom. The van der Waals surface area contributed by atoms with Crippen LogP contribution in [0.25, 0.3) is 0 Å². The third-order valence-electron chi connectivity index (χ3n) is 9.45. The molecule has 21 heteroatoms. The summed E-state index contributed by atoms with van der Waals surface area (Å²) in [7, 11) is 0. The number of carbonyl (C=O) groups excluding carboxylic acids is 10. The Kier molecular flexibility index (Phi) is 23.1. The van der Waals surface area contributed by atoms with Crippen LogP contribution in [0.3, 0.4) is 0 Å². The van der Waals surface area contributed by atoms with Crippen molar-refractivity contribution < 1.29 is 47.9 Å². The van der Waals surface area contributed by atoms with E-state index in [0.717, 1.165) is 0 Å². The van der Waals surface area contributed by atoms with E-state index in [2.05, 4.69) is 31.9 Å². The fraction of sp³-hybridized carbons (Fsp3) is 0.476. The molecule has 63 heavy (non-hydrogen) atoms. The molecular weight excluding hydrogens is 837 g/mol. The van der Waals surface area contributed by atoms with Gasteiger partial charge in [0.05, 0.1) is 18.6 Å². The van der Waals surface area contributed by atoms with Crippen molar-refractivity contribution in [3.63, 3.8) is 0 Å². The summed E-state index contributed by atoms with van der Waals surface area (Å²) >= 11 is 1.39. The summed E-state index contributed by atoms with van der Waals surface area (Å²) in [4.78, 5) is 128. The normalized spacial score (nSPS) is 13.7. The number of hydrogen-bond acceptors (Lipinski definition) is 12. The van der Waals surface area contributed by atoms with E-state index < -0.39 is 102 Å². The molecule has 0 aliphatic heterocycles. The van der Waals surface area contributed by atoms with Gasteiger partial charge in [-0.3, -0.25) is 47.9 Å². The number of nitrogens with one attached hydrogen (secondary N) is 6. The number of Topliss-reactive ketones (excluding diaryl/α,β-unsaturated/α-hetero) is 1. The second-order valence-corrected chi connectivity index (χ2v) is 16.2. The second kappa shape index (κ2) is 27.6. The van der Waals surface area contributed by atoms with Gasteiger partial charge in [-0.15, -0.1) is 0 Å². The molecule has 20 nitrogen and oxygen atoms in total. The Bertz CT molecular complexity index is 1900. The lowest BCUT2D eigenvalue weighted by Gasteiger charge is -2.26. The van der Waals surface area contributed by atoms with Crippen LogP contribution in [0.2, 0.25) is 0 Å². The van der Waals surface area contributed by atoms with Crippen LogP contribution in [0, 0.1) is 5.92 Å². The van der Waals surface area contributed by atoms with E-state index in [0.29, 0.717) is 16.9 Å².